The van der Waals surface area contributed by atoms with E-state index in [1.807, 2.05) is 0 Å². The molecule has 2 heteroatoms. The van der Waals surface area contributed by atoms with Crippen LogP contribution in [0.4, 0.5) is 0 Å². The summed E-state index contributed by atoms with van der Waals surface area (Å²) in [5, 5.41) is 2.48. The van der Waals surface area contributed by atoms with Crippen molar-refractivity contribution < 1.29 is 0 Å². The van der Waals surface area contributed by atoms with Gasteiger partial charge in [-0.1, -0.05) is 20.8 Å². The molecule has 1 aliphatic carbocycles. The molecule has 1 N–H and O–H groups in total. The van der Waals surface area contributed by atoms with Gasteiger partial charge in [0.25, 0.3) is 0 Å². The molecule has 0 amide bonds. The molecule has 0 radical (unpaired) electrons. The van der Waals surface area contributed by atoms with Crippen LogP contribution in [-0.4, -0.2) is 23.1 Å². The summed E-state index contributed by atoms with van der Waals surface area (Å²) < 4.78 is 0. The van der Waals surface area contributed by atoms with Gasteiger partial charge in [0.1, 0.15) is 0 Å². The first-order valence-corrected chi connectivity index (χ1v) is 6.73. The molecule has 0 bridgehead atoms. The molecule has 1 aliphatic heterocycles. The van der Waals surface area contributed by atoms with Crippen LogP contribution in [0.1, 0.15) is 54.4 Å². The summed E-state index contributed by atoms with van der Waals surface area (Å²) in [5.41, 5.74) is 4.41. The highest BCUT2D eigenvalue weighted by Gasteiger charge is 2.48. The van der Waals surface area contributed by atoms with Crippen LogP contribution in [0.25, 0.3) is 0 Å². The van der Waals surface area contributed by atoms with Crippen molar-refractivity contribution in [2.24, 2.45) is 17.3 Å². The first-order valence-electron chi connectivity index (χ1n) is 6.73. The third kappa shape index (κ3) is 2.14. The maximum Gasteiger partial charge on any atom is 0.0295 e. The number of fused-ring (bicyclic) bond motifs is 1. The Labute approximate surface area is 101 Å². The zero-order valence-electron chi connectivity index (χ0n) is 11.8. The average Bonchev–Trinajstić information content (AvgIpc) is 2.02. The molecule has 0 aromatic carbocycles. The van der Waals surface area contributed by atoms with Gasteiger partial charge >= 0.3 is 0 Å². The maximum absolute atomic E-state index is 3.80. The molecule has 0 aromatic heterocycles. The topological polar surface area (TPSA) is 15.3 Å². The van der Waals surface area contributed by atoms with Gasteiger partial charge in [-0.05, 0) is 50.9 Å². The summed E-state index contributed by atoms with van der Waals surface area (Å²) in [4.78, 5) is 0. The lowest BCUT2D eigenvalue weighted by molar-refractivity contribution is -0.0985. The van der Waals surface area contributed by atoms with E-state index in [4.69, 9.17) is 0 Å². The highest BCUT2D eigenvalue weighted by molar-refractivity contribution is 5.00. The molecule has 3 atom stereocenters. The van der Waals surface area contributed by atoms with Gasteiger partial charge in [0, 0.05) is 18.1 Å². The van der Waals surface area contributed by atoms with E-state index in [1.54, 1.807) is 0 Å². The smallest absolute Gasteiger partial charge is 0.0295 e. The predicted molar refractivity (Wildman–Crippen MR) is 69.1 cm³/mol. The summed E-state index contributed by atoms with van der Waals surface area (Å²) in [7, 11) is 0. The summed E-state index contributed by atoms with van der Waals surface area (Å²) in [6.45, 7) is 15.3. The molecule has 3 unspecified atom stereocenters. The Morgan fingerprint density at radius 2 is 1.62 bits per heavy atom. The molecule has 1 saturated carbocycles. The van der Waals surface area contributed by atoms with Crippen molar-refractivity contribution in [3.05, 3.63) is 0 Å². The standard InChI is InChI=1S/C14H28N2/c1-13(2,3)12-11-8-7-10(11)9-16(15-12)14(4,5)6/h10-12,15H,7-9H2,1-6H3. The number of rotatable bonds is 0. The van der Waals surface area contributed by atoms with Gasteiger partial charge in [-0.15, -0.1) is 0 Å². The third-order valence-corrected chi connectivity index (χ3v) is 4.36. The van der Waals surface area contributed by atoms with Crippen LogP contribution in [0, 0.1) is 17.3 Å². The summed E-state index contributed by atoms with van der Waals surface area (Å²) in [6, 6.07) is 0.652. The molecule has 2 fully saturated rings. The minimum absolute atomic E-state index is 0.240. The zero-order chi connectivity index (χ0) is 12.1. The number of nitrogens with one attached hydrogen (secondary N) is 1. The van der Waals surface area contributed by atoms with E-state index >= 15 is 0 Å². The van der Waals surface area contributed by atoms with E-state index in [1.165, 1.54) is 19.4 Å². The number of nitrogens with zero attached hydrogens (tertiary/aromatic N) is 1. The van der Waals surface area contributed by atoms with Gasteiger partial charge in [0.15, 0.2) is 0 Å². The number of hydrogen-bond acceptors (Lipinski definition) is 2. The molecule has 16 heavy (non-hydrogen) atoms. The average molecular weight is 224 g/mol. The lowest BCUT2D eigenvalue weighted by atomic mass is 9.62. The molecule has 0 spiro atoms. The Bertz CT molecular complexity index is 259. The molecule has 0 aromatic rings. The Kier molecular flexibility index (Phi) is 2.87. The van der Waals surface area contributed by atoms with Crippen LogP contribution in [0.3, 0.4) is 0 Å². The van der Waals surface area contributed by atoms with Gasteiger partial charge in [0.05, 0.1) is 0 Å². The molecule has 94 valence electrons. The fourth-order valence-corrected chi connectivity index (χ4v) is 3.11. The van der Waals surface area contributed by atoms with E-state index in [2.05, 4.69) is 52.0 Å². The number of hydrogen-bond donors (Lipinski definition) is 1. The second-order valence-corrected chi connectivity index (χ2v) is 7.76. The third-order valence-electron chi connectivity index (χ3n) is 4.36. The fourth-order valence-electron chi connectivity index (χ4n) is 3.11. The Hall–Kier alpha value is -0.0800. The van der Waals surface area contributed by atoms with Crippen molar-refractivity contribution in [1.82, 2.24) is 10.4 Å². The van der Waals surface area contributed by atoms with Crippen molar-refractivity contribution in [1.29, 1.82) is 0 Å². The van der Waals surface area contributed by atoms with Crippen molar-refractivity contribution in [2.45, 2.75) is 66.0 Å². The van der Waals surface area contributed by atoms with E-state index in [0.29, 0.717) is 11.5 Å². The summed E-state index contributed by atoms with van der Waals surface area (Å²) in [6.07, 6.45) is 2.86. The van der Waals surface area contributed by atoms with Crippen molar-refractivity contribution in [3.63, 3.8) is 0 Å². The Morgan fingerprint density at radius 1 is 1.00 bits per heavy atom. The molecule has 2 nitrogen and oxygen atoms in total. The molecular weight excluding hydrogens is 196 g/mol. The lowest BCUT2D eigenvalue weighted by Gasteiger charge is -2.57. The van der Waals surface area contributed by atoms with Crippen molar-refractivity contribution in [2.75, 3.05) is 6.54 Å². The van der Waals surface area contributed by atoms with Crippen molar-refractivity contribution in [3.8, 4) is 0 Å². The van der Waals surface area contributed by atoms with Crippen molar-refractivity contribution >= 4 is 0 Å². The minimum Gasteiger partial charge on any atom is -0.251 e. The van der Waals surface area contributed by atoms with E-state index in [0.717, 1.165) is 11.8 Å². The predicted octanol–water partition coefficient (Wildman–Crippen LogP) is 3.05. The first kappa shape index (κ1) is 12.4. The Morgan fingerprint density at radius 3 is 2.00 bits per heavy atom. The lowest BCUT2D eigenvalue weighted by Crippen LogP contribution is -2.68. The SMILES string of the molecule is CC(C)(C)C1NN(C(C)(C)C)CC2CCC21. The van der Waals surface area contributed by atoms with Gasteiger partial charge in [-0.3, -0.25) is 5.43 Å². The van der Waals surface area contributed by atoms with E-state index < -0.39 is 0 Å². The van der Waals surface area contributed by atoms with E-state index in [-0.39, 0.29) is 5.54 Å². The minimum atomic E-state index is 0.240. The van der Waals surface area contributed by atoms with Crippen LogP contribution < -0.4 is 5.43 Å². The normalized spacial score (nSPS) is 36.8. The van der Waals surface area contributed by atoms with Crippen LogP contribution >= 0.6 is 0 Å². The number of hydrazine groups is 1. The molecule has 1 heterocycles. The maximum atomic E-state index is 3.80. The van der Waals surface area contributed by atoms with Crippen LogP contribution in [0.15, 0.2) is 0 Å². The van der Waals surface area contributed by atoms with E-state index in [9.17, 15) is 0 Å². The fraction of sp³-hybridized carbons (Fsp3) is 1.00. The van der Waals surface area contributed by atoms with Gasteiger partial charge in [-0.2, -0.15) is 0 Å². The summed E-state index contributed by atoms with van der Waals surface area (Å²) >= 11 is 0. The van der Waals surface area contributed by atoms with Crippen LogP contribution in [-0.2, 0) is 0 Å². The second kappa shape index (κ2) is 3.71. The summed E-state index contributed by atoms with van der Waals surface area (Å²) in [5.74, 6) is 1.85. The molecule has 1 saturated heterocycles. The zero-order valence-corrected chi connectivity index (χ0v) is 11.8. The van der Waals surface area contributed by atoms with Gasteiger partial charge in [-0.25, -0.2) is 5.01 Å². The highest BCUT2D eigenvalue weighted by atomic mass is 15.6. The monoisotopic (exact) mass is 224 g/mol. The molecule has 2 aliphatic rings. The largest absolute Gasteiger partial charge is 0.251 e. The first-order chi connectivity index (χ1) is 7.19. The molecular formula is C14H28N2. The van der Waals surface area contributed by atoms with Gasteiger partial charge in [0.2, 0.25) is 0 Å². The Balaban J connectivity index is 2.13. The molecule has 2 rings (SSSR count). The highest BCUT2D eigenvalue weighted by Crippen LogP contribution is 2.45. The van der Waals surface area contributed by atoms with Crippen LogP contribution in [0.5, 0.6) is 0 Å². The van der Waals surface area contributed by atoms with Gasteiger partial charge < -0.3 is 0 Å². The van der Waals surface area contributed by atoms with Crippen LogP contribution in [0.2, 0.25) is 0 Å². The second-order valence-electron chi connectivity index (χ2n) is 7.76. The quantitative estimate of drug-likeness (QED) is 0.680.